The number of carbonyl (C=O) groups excluding carboxylic acids is 1. The number of amides is 1. The molecular formula is C17H14ClN3O3. The Bertz CT molecular complexity index is 845. The van der Waals surface area contributed by atoms with Crippen molar-refractivity contribution < 1.29 is 13.9 Å². The summed E-state index contributed by atoms with van der Waals surface area (Å²) in [6.45, 7) is 1.08. The summed E-state index contributed by atoms with van der Waals surface area (Å²) in [4.78, 5) is 22.3. The van der Waals surface area contributed by atoms with Gasteiger partial charge in [0.05, 0.1) is 24.0 Å². The minimum atomic E-state index is -0.139. The van der Waals surface area contributed by atoms with E-state index in [4.69, 9.17) is 20.8 Å². The largest absolute Gasteiger partial charge is 0.458 e. The number of likely N-dealkylation sites (tertiary alicyclic amines) is 1. The summed E-state index contributed by atoms with van der Waals surface area (Å²) < 4.78 is 11.3. The van der Waals surface area contributed by atoms with Gasteiger partial charge in [-0.05, 0) is 12.1 Å². The maximum absolute atomic E-state index is 12.6. The average Bonchev–Trinajstić information content (AvgIpc) is 3.23. The molecule has 0 unspecified atom stereocenters. The number of fused-ring (bicyclic) bond motifs is 1. The van der Waals surface area contributed by atoms with E-state index in [0.29, 0.717) is 29.5 Å². The second kappa shape index (κ2) is 6.13. The molecule has 1 atom stereocenters. The Hall–Kier alpha value is -2.60. The third-order valence-electron chi connectivity index (χ3n) is 3.94. The molecule has 6 nitrogen and oxygen atoms in total. The second-order valence-electron chi connectivity index (χ2n) is 5.61. The SMILES string of the molecule is O=C(c1cc2ccccc2o1)N1CC[C@@H](Oc2ncc(Cl)cn2)C1. The number of hydrogen-bond donors (Lipinski definition) is 0. The van der Waals surface area contributed by atoms with Gasteiger partial charge in [0.15, 0.2) is 5.76 Å². The highest BCUT2D eigenvalue weighted by molar-refractivity contribution is 6.30. The highest BCUT2D eigenvalue weighted by atomic mass is 35.5. The van der Waals surface area contributed by atoms with Crippen LogP contribution < -0.4 is 4.74 Å². The lowest BCUT2D eigenvalue weighted by atomic mass is 10.2. The number of carbonyl (C=O) groups is 1. The van der Waals surface area contributed by atoms with Gasteiger partial charge < -0.3 is 14.1 Å². The molecule has 1 amide bonds. The van der Waals surface area contributed by atoms with E-state index in [0.717, 1.165) is 11.8 Å². The van der Waals surface area contributed by atoms with Crippen LogP contribution in [0.3, 0.4) is 0 Å². The van der Waals surface area contributed by atoms with Crippen LogP contribution in [0.1, 0.15) is 17.0 Å². The van der Waals surface area contributed by atoms with Gasteiger partial charge in [-0.3, -0.25) is 4.79 Å². The van der Waals surface area contributed by atoms with E-state index >= 15 is 0 Å². The highest BCUT2D eigenvalue weighted by Crippen LogP contribution is 2.23. The van der Waals surface area contributed by atoms with Crippen LogP contribution in [0.2, 0.25) is 5.02 Å². The maximum Gasteiger partial charge on any atom is 0.316 e. The van der Waals surface area contributed by atoms with Gasteiger partial charge in [-0.2, -0.15) is 0 Å². The van der Waals surface area contributed by atoms with Gasteiger partial charge >= 0.3 is 6.01 Å². The monoisotopic (exact) mass is 343 g/mol. The molecule has 4 rings (SSSR count). The standard InChI is InChI=1S/C17H14ClN3O3/c18-12-8-19-17(20-9-12)23-13-5-6-21(10-13)16(22)15-7-11-3-1-2-4-14(11)24-15/h1-4,7-9,13H,5-6,10H2/t13-/m1/s1. The molecule has 1 saturated heterocycles. The molecule has 1 fully saturated rings. The van der Waals surface area contributed by atoms with Gasteiger partial charge in [0.25, 0.3) is 5.91 Å². The van der Waals surface area contributed by atoms with Crippen molar-refractivity contribution in [1.82, 2.24) is 14.9 Å². The van der Waals surface area contributed by atoms with E-state index in [1.165, 1.54) is 12.4 Å². The molecule has 1 aromatic carbocycles. The van der Waals surface area contributed by atoms with Crippen LogP contribution in [0.25, 0.3) is 11.0 Å². The Morgan fingerprint density at radius 2 is 2.08 bits per heavy atom. The number of hydrogen-bond acceptors (Lipinski definition) is 5. The molecule has 0 saturated carbocycles. The zero-order chi connectivity index (χ0) is 16.5. The summed E-state index contributed by atoms with van der Waals surface area (Å²) in [5.41, 5.74) is 0.711. The number of benzene rings is 1. The molecule has 0 bridgehead atoms. The van der Waals surface area contributed by atoms with Gasteiger partial charge in [0, 0.05) is 18.4 Å². The topological polar surface area (TPSA) is 68.5 Å². The van der Waals surface area contributed by atoms with E-state index < -0.39 is 0 Å². The first kappa shape index (κ1) is 15.0. The van der Waals surface area contributed by atoms with E-state index in [9.17, 15) is 4.79 Å². The van der Waals surface area contributed by atoms with Crippen molar-refractivity contribution in [3.8, 4) is 6.01 Å². The van der Waals surface area contributed by atoms with Gasteiger partial charge in [-0.25, -0.2) is 9.97 Å². The quantitative estimate of drug-likeness (QED) is 0.730. The van der Waals surface area contributed by atoms with Crippen LogP contribution in [0.5, 0.6) is 6.01 Å². The van der Waals surface area contributed by atoms with Crippen molar-refractivity contribution in [3.05, 3.63) is 53.5 Å². The number of nitrogens with zero attached hydrogens (tertiary/aromatic N) is 3. The van der Waals surface area contributed by atoms with E-state index in [1.54, 1.807) is 11.0 Å². The Morgan fingerprint density at radius 1 is 1.29 bits per heavy atom. The molecule has 3 heterocycles. The van der Waals surface area contributed by atoms with Crippen molar-refractivity contribution in [1.29, 1.82) is 0 Å². The average molecular weight is 344 g/mol. The lowest BCUT2D eigenvalue weighted by molar-refractivity contribution is 0.0741. The zero-order valence-electron chi connectivity index (χ0n) is 12.7. The van der Waals surface area contributed by atoms with E-state index in [1.807, 2.05) is 24.3 Å². The zero-order valence-corrected chi connectivity index (χ0v) is 13.4. The number of aromatic nitrogens is 2. The fraction of sp³-hybridized carbons (Fsp3) is 0.235. The smallest absolute Gasteiger partial charge is 0.316 e. The normalized spacial score (nSPS) is 17.4. The number of rotatable bonds is 3. The molecule has 24 heavy (non-hydrogen) atoms. The number of halogens is 1. The molecule has 1 aliphatic heterocycles. The highest BCUT2D eigenvalue weighted by Gasteiger charge is 2.30. The lowest BCUT2D eigenvalue weighted by Crippen LogP contribution is -2.30. The summed E-state index contributed by atoms with van der Waals surface area (Å²) >= 11 is 5.75. The van der Waals surface area contributed by atoms with Gasteiger partial charge in [-0.15, -0.1) is 0 Å². The molecular weight excluding hydrogens is 330 g/mol. The summed E-state index contributed by atoms with van der Waals surface area (Å²) in [6.07, 6.45) is 3.55. The van der Waals surface area contributed by atoms with Crippen molar-refractivity contribution in [2.75, 3.05) is 13.1 Å². The van der Waals surface area contributed by atoms with Crippen molar-refractivity contribution >= 4 is 28.5 Å². The molecule has 1 aliphatic rings. The molecule has 0 spiro atoms. The van der Waals surface area contributed by atoms with Crippen molar-refractivity contribution in [2.24, 2.45) is 0 Å². The Morgan fingerprint density at radius 3 is 2.88 bits per heavy atom. The summed E-state index contributed by atoms with van der Waals surface area (Å²) in [7, 11) is 0. The van der Waals surface area contributed by atoms with E-state index in [-0.39, 0.29) is 18.0 Å². The fourth-order valence-corrected chi connectivity index (χ4v) is 2.86. The van der Waals surface area contributed by atoms with Gasteiger partial charge in [0.1, 0.15) is 11.7 Å². The first-order chi connectivity index (χ1) is 11.7. The van der Waals surface area contributed by atoms with Crippen LogP contribution in [0.4, 0.5) is 0 Å². The number of para-hydroxylation sites is 1. The first-order valence-corrected chi connectivity index (χ1v) is 7.99. The Balaban J connectivity index is 1.44. The molecule has 122 valence electrons. The first-order valence-electron chi connectivity index (χ1n) is 7.61. The third-order valence-corrected chi connectivity index (χ3v) is 4.13. The van der Waals surface area contributed by atoms with Crippen LogP contribution in [-0.4, -0.2) is 40.0 Å². The van der Waals surface area contributed by atoms with Crippen LogP contribution in [0.15, 0.2) is 47.1 Å². The third kappa shape index (κ3) is 2.92. The molecule has 0 aliphatic carbocycles. The van der Waals surface area contributed by atoms with Gasteiger partial charge in [0.2, 0.25) is 0 Å². The van der Waals surface area contributed by atoms with Crippen LogP contribution in [0, 0.1) is 0 Å². The molecule has 2 aromatic heterocycles. The van der Waals surface area contributed by atoms with Crippen molar-refractivity contribution in [2.45, 2.75) is 12.5 Å². The van der Waals surface area contributed by atoms with E-state index in [2.05, 4.69) is 9.97 Å². The second-order valence-corrected chi connectivity index (χ2v) is 6.05. The molecule has 3 aromatic rings. The Labute approximate surface area is 143 Å². The molecule has 0 radical (unpaired) electrons. The fourth-order valence-electron chi connectivity index (χ4n) is 2.76. The summed E-state index contributed by atoms with van der Waals surface area (Å²) in [5.74, 6) is 0.217. The predicted molar refractivity (Wildman–Crippen MR) is 88.2 cm³/mol. The maximum atomic E-state index is 12.6. The predicted octanol–water partition coefficient (Wildman–Crippen LogP) is 3.17. The Kier molecular flexibility index (Phi) is 3.82. The molecule has 7 heteroatoms. The number of furan rings is 1. The van der Waals surface area contributed by atoms with Crippen LogP contribution >= 0.6 is 11.6 Å². The lowest BCUT2D eigenvalue weighted by Gasteiger charge is -2.15. The van der Waals surface area contributed by atoms with Gasteiger partial charge in [-0.1, -0.05) is 29.8 Å². The van der Waals surface area contributed by atoms with Crippen molar-refractivity contribution in [3.63, 3.8) is 0 Å². The van der Waals surface area contributed by atoms with Crippen LogP contribution in [-0.2, 0) is 0 Å². The summed E-state index contributed by atoms with van der Waals surface area (Å²) in [6, 6.07) is 9.60. The minimum absolute atomic E-state index is 0.130. The molecule has 0 N–H and O–H groups in total. The number of ether oxygens (including phenoxy) is 1. The summed E-state index contributed by atoms with van der Waals surface area (Å²) in [5, 5.41) is 1.37. The minimum Gasteiger partial charge on any atom is -0.458 e.